The quantitative estimate of drug-likeness (QED) is 0.904. The average molecular weight is 261 g/mol. The molecule has 19 heavy (non-hydrogen) atoms. The van der Waals surface area contributed by atoms with Gasteiger partial charge in [-0.15, -0.1) is 0 Å². The molecule has 1 atom stereocenters. The summed E-state index contributed by atoms with van der Waals surface area (Å²) in [6.07, 6.45) is 1.65. The van der Waals surface area contributed by atoms with Gasteiger partial charge < -0.3 is 10.0 Å². The number of hydrogen-bond donors (Lipinski definition) is 1. The van der Waals surface area contributed by atoms with E-state index in [1.165, 1.54) is 16.8 Å². The summed E-state index contributed by atoms with van der Waals surface area (Å²) in [5.41, 5.74) is 3.31. The average Bonchev–Trinajstić information content (AvgIpc) is 2.67. The molecule has 0 amide bonds. The van der Waals surface area contributed by atoms with Crippen molar-refractivity contribution in [1.82, 2.24) is 0 Å². The zero-order valence-corrected chi connectivity index (χ0v) is 12.2. The largest absolute Gasteiger partial charge is 0.481 e. The SMILES string of the molecule is CCN1c2cccc(C)c2CC1CC(C)(C)C(=O)O. The summed E-state index contributed by atoms with van der Waals surface area (Å²) in [7, 11) is 0. The monoisotopic (exact) mass is 261 g/mol. The number of carboxylic acids is 1. The van der Waals surface area contributed by atoms with Crippen LogP contribution in [0.2, 0.25) is 0 Å². The second-order valence-electron chi connectivity index (χ2n) is 6.11. The van der Waals surface area contributed by atoms with Crippen molar-refractivity contribution in [1.29, 1.82) is 0 Å². The Hall–Kier alpha value is -1.51. The van der Waals surface area contributed by atoms with Crippen molar-refractivity contribution in [2.45, 2.75) is 46.6 Å². The van der Waals surface area contributed by atoms with E-state index in [9.17, 15) is 9.90 Å². The van der Waals surface area contributed by atoms with Crippen molar-refractivity contribution in [2.24, 2.45) is 5.41 Å². The van der Waals surface area contributed by atoms with Crippen LogP contribution in [-0.4, -0.2) is 23.7 Å². The zero-order chi connectivity index (χ0) is 14.2. The van der Waals surface area contributed by atoms with Gasteiger partial charge >= 0.3 is 5.97 Å². The van der Waals surface area contributed by atoms with E-state index in [-0.39, 0.29) is 0 Å². The number of aliphatic carboxylic acids is 1. The van der Waals surface area contributed by atoms with Gasteiger partial charge in [0.15, 0.2) is 0 Å². The number of nitrogens with zero attached hydrogens (tertiary/aromatic N) is 1. The smallest absolute Gasteiger partial charge is 0.309 e. The Morgan fingerprint density at radius 3 is 2.74 bits per heavy atom. The van der Waals surface area contributed by atoms with Crippen molar-refractivity contribution < 1.29 is 9.90 Å². The normalized spacial score (nSPS) is 18.5. The second kappa shape index (κ2) is 4.87. The van der Waals surface area contributed by atoms with Crippen LogP contribution in [0.25, 0.3) is 0 Å². The fraction of sp³-hybridized carbons (Fsp3) is 0.562. The molecule has 0 bridgehead atoms. The Bertz CT molecular complexity index is 494. The summed E-state index contributed by atoms with van der Waals surface area (Å²) in [5.74, 6) is -0.712. The molecule has 0 radical (unpaired) electrons. The molecule has 0 saturated carbocycles. The molecule has 1 unspecified atom stereocenters. The maximum absolute atomic E-state index is 11.3. The number of anilines is 1. The summed E-state index contributed by atoms with van der Waals surface area (Å²) < 4.78 is 0. The van der Waals surface area contributed by atoms with Crippen LogP contribution in [0, 0.1) is 12.3 Å². The van der Waals surface area contributed by atoms with Gasteiger partial charge in [-0.05, 0) is 57.7 Å². The first-order chi connectivity index (χ1) is 8.86. The molecule has 1 N–H and O–H groups in total. The Labute approximate surface area is 115 Å². The third-order valence-corrected chi connectivity index (χ3v) is 4.24. The highest BCUT2D eigenvalue weighted by atomic mass is 16.4. The molecule has 0 spiro atoms. The lowest BCUT2D eigenvalue weighted by atomic mass is 9.84. The molecule has 3 nitrogen and oxygen atoms in total. The first-order valence-corrected chi connectivity index (χ1v) is 6.95. The minimum atomic E-state index is -0.712. The minimum absolute atomic E-state index is 0.298. The molecule has 1 aliphatic heterocycles. The molecule has 1 aliphatic rings. The van der Waals surface area contributed by atoms with E-state index in [1.807, 2.05) is 13.8 Å². The van der Waals surface area contributed by atoms with Crippen LogP contribution < -0.4 is 4.90 Å². The van der Waals surface area contributed by atoms with Gasteiger partial charge in [0.1, 0.15) is 0 Å². The van der Waals surface area contributed by atoms with Crippen molar-refractivity contribution in [3.8, 4) is 0 Å². The fourth-order valence-corrected chi connectivity index (χ4v) is 3.05. The van der Waals surface area contributed by atoms with Crippen LogP contribution >= 0.6 is 0 Å². The summed E-state index contributed by atoms with van der Waals surface area (Å²) >= 11 is 0. The molecule has 1 heterocycles. The van der Waals surface area contributed by atoms with Crippen molar-refractivity contribution >= 4 is 11.7 Å². The van der Waals surface area contributed by atoms with Crippen LogP contribution in [0.15, 0.2) is 18.2 Å². The van der Waals surface area contributed by atoms with Crippen LogP contribution in [0.5, 0.6) is 0 Å². The molecule has 1 aromatic rings. The second-order valence-corrected chi connectivity index (χ2v) is 6.11. The highest BCUT2D eigenvalue weighted by molar-refractivity contribution is 5.74. The van der Waals surface area contributed by atoms with Crippen molar-refractivity contribution in [2.75, 3.05) is 11.4 Å². The van der Waals surface area contributed by atoms with Gasteiger partial charge in [-0.2, -0.15) is 0 Å². The maximum Gasteiger partial charge on any atom is 0.309 e. The molecular formula is C16H23NO2. The first kappa shape index (κ1) is 13.9. The Balaban J connectivity index is 2.27. The molecular weight excluding hydrogens is 238 g/mol. The van der Waals surface area contributed by atoms with Crippen LogP contribution in [0.1, 0.15) is 38.3 Å². The number of benzene rings is 1. The van der Waals surface area contributed by atoms with E-state index in [0.717, 1.165) is 13.0 Å². The number of likely N-dealkylation sites (N-methyl/N-ethyl adjacent to an activating group) is 1. The van der Waals surface area contributed by atoms with Crippen LogP contribution in [0.4, 0.5) is 5.69 Å². The topological polar surface area (TPSA) is 40.5 Å². The Morgan fingerprint density at radius 1 is 1.47 bits per heavy atom. The lowest BCUT2D eigenvalue weighted by molar-refractivity contribution is -0.147. The zero-order valence-electron chi connectivity index (χ0n) is 12.2. The van der Waals surface area contributed by atoms with Gasteiger partial charge in [0.25, 0.3) is 0 Å². The van der Waals surface area contributed by atoms with Crippen LogP contribution in [0.3, 0.4) is 0 Å². The predicted molar refractivity (Wildman–Crippen MR) is 77.7 cm³/mol. The van der Waals surface area contributed by atoms with E-state index in [4.69, 9.17) is 0 Å². The molecule has 2 rings (SSSR count). The molecule has 0 aromatic heterocycles. The summed E-state index contributed by atoms with van der Waals surface area (Å²) in [6.45, 7) is 8.84. The molecule has 3 heteroatoms. The lowest BCUT2D eigenvalue weighted by Gasteiger charge is -2.31. The van der Waals surface area contributed by atoms with Gasteiger partial charge in [-0.25, -0.2) is 0 Å². The standard InChI is InChI=1S/C16H23NO2/c1-5-17-12(10-16(3,4)15(18)19)9-13-11(2)7-6-8-14(13)17/h6-8,12H,5,9-10H2,1-4H3,(H,18,19). The molecule has 0 fully saturated rings. The number of fused-ring (bicyclic) bond motifs is 1. The predicted octanol–water partition coefficient (Wildman–Crippen LogP) is 3.25. The number of hydrogen-bond acceptors (Lipinski definition) is 2. The van der Waals surface area contributed by atoms with Crippen molar-refractivity contribution in [3.63, 3.8) is 0 Å². The van der Waals surface area contributed by atoms with E-state index in [2.05, 4.69) is 36.9 Å². The number of carboxylic acid groups (broad SMARTS) is 1. The van der Waals surface area contributed by atoms with Gasteiger partial charge in [-0.1, -0.05) is 12.1 Å². The molecule has 0 aliphatic carbocycles. The number of aryl methyl sites for hydroxylation is 1. The summed E-state index contributed by atoms with van der Waals surface area (Å²) in [5, 5.41) is 9.31. The fourth-order valence-electron chi connectivity index (χ4n) is 3.05. The van der Waals surface area contributed by atoms with E-state index in [0.29, 0.717) is 12.5 Å². The van der Waals surface area contributed by atoms with E-state index >= 15 is 0 Å². The maximum atomic E-state index is 11.3. The minimum Gasteiger partial charge on any atom is -0.481 e. The van der Waals surface area contributed by atoms with E-state index in [1.54, 1.807) is 0 Å². The van der Waals surface area contributed by atoms with E-state index < -0.39 is 11.4 Å². The number of rotatable bonds is 4. The van der Waals surface area contributed by atoms with Crippen molar-refractivity contribution in [3.05, 3.63) is 29.3 Å². The third-order valence-electron chi connectivity index (χ3n) is 4.24. The Morgan fingerprint density at radius 2 is 2.16 bits per heavy atom. The molecule has 1 aromatic carbocycles. The number of carbonyl (C=O) groups is 1. The third kappa shape index (κ3) is 2.46. The van der Waals surface area contributed by atoms with Gasteiger partial charge in [-0.3, -0.25) is 4.79 Å². The highest BCUT2D eigenvalue weighted by Gasteiger charge is 2.37. The van der Waals surface area contributed by atoms with Gasteiger partial charge in [0, 0.05) is 18.3 Å². The molecule has 0 saturated heterocycles. The van der Waals surface area contributed by atoms with Gasteiger partial charge in [0.05, 0.1) is 5.41 Å². The molecule has 104 valence electrons. The summed E-state index contributed by atoms with van der Waals surface area (Å²) in [6, 6.07) is 6.67. The van der Waals surface area contributed by atoms with Crippen LogP contribution in [-0.2, 0) is 11.2 Å². The Kier molecular flexibility index (Phi) is 3.57. The van der Waals surface area contributed by atoms with Gasteiger partial charge in [0.2, 0.25) is 0 Å². The first-order valence-electron chi connectivity index (χ1n) is 6.95. The summed E-state index contributed by atoms with van der Waals surface area (Å²) in [4.78, 5) is 13.7. The highest BCUT2D eigenvalue weighted by Crippen LogP contribution is 2.38. The lowest BCUT2D eigenvalue weighted by Crippen LogP contribution is -2.38.